The van der Waals surface area contributed by atoms with Crippen molar-refractivity contribution in [2.45, 2.75) is 6.92 Å². The molecular weight excluding hydrogens is 165 g/mol. The molecule has 1 N–H and O–H groups in total. The third-order valence-corrected chi connectivity index (χ3v) is 1.46. The zero-order chi connectivity index (χ0) is 8.85. The lowest BCUT2D eigenvalue weighted by molar-refractivity contribution is 0.666. The van der Waals surface area contributed by atoms with Gasteiger partial charge in [-0.15, -0.1) is 0 Å². The average molecular weight is 176 g/mol. The van der Waals surface area contributed by atoms with Crippen LogP contribution in [0.4, 0.5) is 4.39 Å². The van der Waals surface area contributed by atoms with Gasteiger partial charge in [0, 0.05) is 12.7 Å². The van der Waals surface area contributed by atoms with Crippen LogP contribution in [0.3, 0.4) is 0 Å². The highest BCUT2D eigenvalue weighted by Crippen LogP contribution is 2.14. The van der Waals surface area contributed by atoms with Crippen LogP contribution in [0.2, 0.25) is 0 Å². The Labute approximate surface area is 71.2 Å². The van der Waals surface area contributed by atoms with Gasteiger partial charge < -0.3 is 5.32 Å². The van der Waals surface area contributed by atoms with Gasteiger partial charge in [-0.3, -0.25) is 0 Å². The highest BCUT2D eigenvalue weighted by Gasteiger charge is 1.96. The number of allylic oxidation sites excluding steroid dienone is 4. The lowest BCUT2D eigenvalue weighted by Crippen LogP contribution is -2.02. The molecule has 0 saturated carbocycles. The van der Waals surface area contributed by atoms with Gasteiger partial charge >= 0.3 is 0 Å². The van der Waals surface area contributed by atoms with Gasteiger partial charge in [0.05, 0.1) is 5.03 Å². The molecule has 11 heavy (non-hydrogen) atoms. The molecule has 0 aliphatic heterocycles. The van der Waals surface area contributed by atoms with Crippen molar-refractivity contribution < 1.29 is 4.39 Å². The summed E-state index contributed by atoms with van der Waals surface area (Å²) in [7, 11) is 1.73. The van der Waals surface area contributed by atoms with Crippen molar-refractivity contribution in [3.8, 4) is 0 Å². The van der Waals surface area contributed by atoms with Crippen LogP contribution in [-0.2, 0) is 0 Å². The predicted octanol–water partition coefficient (Wildman–Crippen LogP) is 2.72. The monoisotopic (exact) mass is 175 g/mol. The number of hydrogen-bond donors (Lipinski definition) is 1. The van der Waals surface area contributed by atoms with E-state index in [-0.39, 0.29) is 5.03 Å². The molecule has 0 aromatic carbocycles. The van der Waals surface area contributed by atoms with E-state index < -0.39 is 5.83 Å². The number of halogens is 2. The first kappa shape index (κ1) is 10.2. The van der Waals surface area contributed by atoms with Gasteiger partial charge in [0.25, 0.3) is 0 Å². The number of likely N-dealkylation sites (N-methyl/N-ethyl adjacent to an activating group) is 1. The Morgan fingerprint density at radius 2 is 2.18 bits per heavy atom. The molecule has 3 heteroatoms. The van der Waals surface area contributed by atoms with Gasteiger partial charge in [0.15, 0.2) is 0 Å². The lowest BCUT2D eigenvalue weighted by Gasteiger charge is -1.99. The summed E-state index contributed by atoms with van der Waals surface area (Å²) in [6.07, 6.45) is 3.26. The summed E-state index contributed by atoms with van der Waals surface area (Å²) in [6.45, 7) is 4.88. The Morgan fingerprint density at radius 3 is 2.45 bits per heavy atom. The lowest BCUT2D eigenvalue weighted by atomic mass is 10.3. The quantitative estimate of drug-likeness (QED) is 0.651. The molecule has 0 aliphatic carbocycles. The second kappa shape index (κ2) is 4.97. The number of rotatable bonds is 3. The fourth-order valence-electron chi connectivity index (χ4n) is 0.515. The maximum absolute atomic E-state index is 12.3. The van der Waals surface area contributed by atoms with Gasteiger partial charge in [-0.1, -0.05) is 24.3 Å². The summed E-state index contributed by atoms with van der Waals surface area (Å²) in [4.78, 5) is 0. The first-order valence-electron chi connectivity index (χ1n) is 3.17. The Balaban J connectivity index is 4.40. The topological polar surface area (TPSA) is 12.0 Å². The molecule has 62 valence electrons. The Morgan fingerprint density at radius 1 is 1.64 bits per heavy atom. The molecule has 1 nitrogen and oxygen atoms in total. The van der Waals surface area contributed by atoms with E-state index in [2.05, 4.69) is 11.9 Å². The Hall–Kier alpha value is -0.760. The zero-order valence-corrected chi connectivity index (χ0v) is 7.37. The highest BCUT2D eigenvalue weighted by atomic mass is 35.5. The second-order valence-electron chi connectivity index (χ2n) is 1.89. The fourth-order valence-corrected chi connectivity index (χ4v) is 0.632. The first-order chi connectivity index (χ1) is 5.11. The summed E-state index contributed by atoms with van der Waals surface area (Å²) in [5.74, 6) is -0.624. The van der Waals surface area contributed by atoms with E-state index in [9.17, 15) is 4.39 Å². The minimum absolute atomic E-state index is 0.0208. The molecule has 0 aliphatic rings. The Kier molecular flexibility index (Phi) is 4.62. The van der Waals surface area contributed by atoms with Crippen molar-refractivity contribution in [2.75, 3.05) is 7.05 Å². The fraction of sp³-hybridized carbons (Fsp3) is 0.250. The smallest absolute Gasteiger partial charge is 0.134 e. The Bertz CT molecular complexity index is 206. The molecule has 0 saturated heterocycles. The van der Waals surface area contributed by atoms with E-state index in [0.717, 1.165) is 5.70 Å². The molecule has 0 amide bonds. The SMILES string of the molecule is C=C(F)/C(Cl)=C\C(=C/C)NC. The molecule has 0 fully saturated rings. The number of hydrogen-bond acceptors (Lipinski definition) is 1. The molecular formula is C8H11ClFN. The predicted molar refractivity (Wildman–Crippen MR) is 47.0 cm³/mol. The van der Waals surface area contributed by atoms with Gasteiger partial charge in [-0.05, 0) is 13.0 Å². The molecule has 0 rings (SSSR count). The molecule has 0 unspecified atom stereocenters. The van der Waals surface area contributed by atoms with Crippen LogP contribution in [0, 0.1) is 0 Å². The van der Waals surface area contributed by atoms with Crippen molar-refractivity contribution in [3.63, 3.8) is 0 Å². The van der Waals surface area contributed by atoms with Gasteiger partial charge in [0.1, 0.15) is 5.83 Å². The molecule has 0 atom stereocenters. The van der Waals surface area contributed by atoms with Gasteiger partial charge in [0.2, 0.25) is 0 Å². The molecule has 0 bridgehead atoms. The summed E-state index contributed by atoms with van der Waals surface area (Å²) in [6, 6.07) is 0. The maximum atomic E-state index is 12.3. The largest absolute Gasteiger partial charge is 0.388 e. The summed E-state index contributed by atoms with van der Waals surface area (Å²) in [5, 5.41) is 2.85. The van der Waals surface area contributed by atoms with Crippen LogP contribution in [-0.4, -0.2) is 7.05 Å². The van der Waals surface area contributed by atoms with E-state index in [1.54, 1.807) is 13.1 Å². The summed E-state index contributed by atoms with van der Waals surface area (Å²) < 4.78 is 12.3. The minimum atomic E-state index is -0.624. The van der Waals surface area contributed by atoms with Gasteiger partial charge in [-0.25, -0.2) is 4.39 Å². The normalized spacial score (nSPS) is 13.1. The summed E-state index contributed by atoms with van der Waals surface area (Å²) >= 11 is 5.47. The van der Waals surface area contributed by atoms with Crippen molar-refractivity contribution in [3.05, 3.63) is 35.3 Å². The van der Waals surface area contributed by atoms with E-state index >= 15 is 0 Å². The zero-order valence-electron chi connectivity index (χ0n) is 6.62. The van der Waals surface area contributed by atoms with Crippen molar-refractivity contribution in [2.24, 2.45) is 0 Å². The van der Waals surface area contributed by atoms with E-state index in [0.29, 0.717) is 0 Å². The van der Waals surface area contributed by atoms with Crippen LogP contribution < -0.4 is 5.32 Å². The van der Waals surface area contributed by atoms with Crippen LogP contribution >= 0.6 is 11.6 Å². The molecule has 0 heterocycles. The average Bonchev–Trinajstić information content (AvgIpc) is 1.99. The van der Waals surface area contributed by atoms with Crippen LogP contribution in [0.25, 0.3) is 0 Å². The van der Waals surface area contributed by atoms with Crippen LogP contribution in [0.5, 0.6) is 0 Å². The van der Waals surface area contributed by atoms with E-state index in [1.807, 2.05) is 6.92 Å². The minimum Gasteiger partial charge on any atom is -0.388 e. The molecule has 0 aromatic heterocycles. The summed E-state index contributed by atoms with van der Waals surface area (Å²) in [5.41, 5.74) is 0.758. The highest BCUT2D eigenvalue weighted by molar-refractivity contribution is 6.31. The van der Waals surface area contributed by atoms with Crippen LogP contribution in [0.1, 0.15) is 6.92 Å². The standard InChI is InChI=1S/C8H11ClFN/c1-4-7(11-3)5-8(9)6(2)10/h4-5,11H,2H2,1,3H3/b7-4+,8-5+. The molecule has 0 spiro atoms. The van der Waals surface area contributed by atoms with E-state index in [4.69, 9.17) is 11.6 Å². The number of nitrogens with one attached hydrogen (secondary N) is 1. The van der Waals surface area contributed by atoms with Crippen LogP contribution in [0.15, 0.2) is 35.3 Å². The van der Waals surface area contributed by atoms with Crippen molar-refractivity contribution in [1.29, 1.82) is 0 Å². The van der Waals surface area contributed by atoms with Gasteiger partial charge in [-0.2, -0.15) is 0 Å². The second-order valence-corrected chi connectivity index (χ2v) is 2.30. The third-order valence-electron chi connectivity index (χ3n) is 1.14. The van der Waals surface area contributed by atoms with E-state index in [1.165, 1.54) is 6.08 Å². The molecule has 0 radical (unpaired) electrons. The van der Waals surface area contributed by atoms with Crippen molar-refractivity contribution in [1.82, 2.24) is 5.32 Å². The van der Waals surface area contributed by atoms with Crippen molar-refractivity contribution >= 4 is 11.6 Å². The maximum Gasteiger partial charge on any atom is 0.134 e. The first-order valence-corrected chi connectivity index (χ1v) is 3.55. The molecule has 0 aromatic rings. The third kappa shape index (κ3) is 3.83.